The van der Waals surface area contributed by atoms with Gasteiger partial charge in [-0.1, -0.05) is 26.0 Å². The Balaban J connectivity index is 1.58. The van der Waals surface area contributed by atoms with E-state index in [9.17, 15) is 4.79 Å². The summed E-state index contributed by atoms with van der Waals surface area (Å²) in [5.41, 5.74) is 2.50. The number of hydrogen-bond donors (Lipinski definition) is 2. The smallest absolute Gasteiger partial charge is 0.321 e. The number of hydrogen-bond acceptors (Lipinski definition) is 2. The van der Waals surface area contributed by atoms with E-state index in [1.54, 1.807) is 0 Å². The van der Waals surface area contributed by atoms with Gasteiger partial charge in [0, 0.05) is 30.7 Å². The topological polar surface area (TPSA) is 44.4 Å². The summed E-state index contributed by atoms with van der Waals surface area (Å²) in [6, 6.07) is 8.23. The summed E-state index contributed by atoms with van der Waals surface area (Å²) >= 11 is 0. The highest BCUT2D eigenvalue weighted by Crippen LogP contribution is 2.36. The van der Waals surface area contributed by atoms with Crippen molar-refractivity contribution in [2.75, 3.05) is 31.5 Å². The van der Waals surface area contributed by atoms with Crippen molar-refractivity contribution in [1.82, 2.24) is 10.2 Å². The van der Waals surface area contributed by atoms with Crippen LogP contribution < -0.4 is 10.6 Å². The molecule has 4 heteroatoms. The van der Waals surface area contributed by atoms with Crippen LogP contribution in [0.25, 0.3) is 0 Å². The van der Waals surface area contributed by atoms with E-state index in [2.05, 4.69) is 36.6 Å². The molecule has 2 aliphatic heterocycles. The van der Waals surface area contributed by atoms with E-state index < -0.39 is 0 Å². The lowest BCUT2D eigenvalue weighted by Crippen LogP contribution is -2.43. The molecule has 0 bridgehead atoms. The fourth-order valence-electron chi connectivity index (χ4n) is 3.64. The predicted molar refractivity (Wildman–Crippen MR) is 90.3 cm³/mol. The Hall–Kier alpha value is -1.55. The van der Waals surface area contributed by atoms with E-state index in [1.165, 1.54) is 18.4 Å². The average molecular weight is 301 g/mol. The summed E-state index contributed by atoms with van der Waals surface area (Å²) in [4.78, 5) is 14.4. The number of nitrogens with one attached hydrogen (secondary N) is 2. The maximum Gasteiger partial charge on any atom is 0.321 e. The van der Waals surface area contributed by atoms with Gasteiger partial charge in [-0.3, -0.25) is 0 Å². The lowest BCUT2D eigenvalue weighted by Gasteiger charge is -2.33. The number of likely N-dealkylation sites (tertiary alicyclic amines) is 1. The molecule has 2 amide bonds. The fourth-order valence-corrected chi connectivity index (χ4v) is 3.64. The summed E-state index contributed by atoms with van der Waals surface area (Å²) < 4.78 is 0. The van der Waals surface area contributed by atoms with Gasteiger partial charge in [0.1, 0.15) is 0 Å². The van der Waals surface area contributed by atoms with Crippen LogP contribution in [0, 0.1) is 5.41 Å². The number of carbonyl (C=O) groups excluding carboxylic acids is 1. The molecule has 1 aromatic carbocycles. The molecule has 0 aliphatic carbocycles. The average Bonchev–Trinajstić information content (AvgIpc) is 2.92. The molecule has 1 unspecified atom stereocenters. The third-order valence-corrected chi connectivity index (χ3v) is 5.11. The van der Waals surface area contributed by atoms with Crippen LogP contribution in [0.4, 0.5) is 10.5 Å². The Morgan fingerprint density at radius 1 is 1.27 bits per heavy atom. The van der Waals surface area contributed by atoms with Gasteiger partial charge >= 0.3 is 6.03 Å². The molecule has 3 rings (SSSR count). The quantitative estimate of drug-likeness (QED) is 0.879. The number of rotatable bonds is 2. The van der Waals surface area contributed by atoms with Crippen LogP contribution in [0.2, 0.25) is 0 Å². The van der Waals surface area contributed by atoms with Crippen LogP contribution in [0.15, 0.2) is 24.3 Å². The molecule has 1 spiro atoms. The van der Waals surface area contributed by atoms with Crippen molar-refractivity contribution in [3.05, 3.63) is 29.8 Å². The molecular weight excluding hydrogens is 274 g/mol. The second-order valence-electron chi connectivity index (χ2n) is 7.16. The molecule has 2 aliphatic rings. The zero-order chi connectivity index (χ0) is 15.6. The number of urea groups is 1. The molecule has 0 radical (unpaired) electrons. The van der Waals surface area contributed by atoms with Crippen molar-refractivity contribution in [2.24, 2.45) is 5.41 Å². The number of benzene rings is 1. The molecule has 22 heavy (non-hydrogen) atoms. The molecule has 2 heterocycles. The second kappa shape index (κ2) is 6.29. The van der Waals surface area contributed by atoms with Crippen molar-refractivity contribution in [3.63, 3.8) is 0 Å². The van der Waals surface area contributed by atoms with Crippen molar-refractivity contribution >= 4 is 11.7 Å². The van der Waals surface area contributed by atoms with Crippen LogP contribution in [0.1, 0.15) is 44.6 Å². The Labute approximate surface area is 133 Å². The van der Waals surface area contributed by atoms with Crippen LogP contribution in [0.5, 0.6) is 0 Å². The van der Waals surface area contributed by atoms with Gasteiger partial charge in [-0.05, 0) is 49.4 Å². The third-order valence-electron chi connectivity index (χ3n) is 5.11. The summed E-state index contributed by atoms with van der Waals surface area (Å²) in [6.45, 7) is 8.29. The molecule has 4 nitrogen and oxygen atoms in total. The standard InChI is InChI=1S/C18H27N3O/c1-14(2)15-4-6-16(7-5-15)20-17(22)21-11-9-18(13-21)8-3-10-19-12-18/h4-7,14,19H,3,8-13H2,1-2H3,(H,20,22). The first-order valence-corrected chi connectivity index (χ1v) is 8.45. The lowest BCUT2D eigenvalue weighted by atomic mass is 9.80. The van der Waals surface area contributed by atoms with E-state index in [0.29, 0.717) is 11.3 Å². The van der Waals surface area contributed by atoms with E-state index in [4.69, 9.17) is 0 Å². The van der Waals surface area contributed by atoms with Gasteiger partial charge in [0.15, 0.2) is 0 Å². The molecule has 2 fully saturated rings. The number of nitrogens with zero attached hydrogens (tertiary/aromatic N) is 1. The minimum absolute atomic E-state index is 0.0414. The molecule has 1 atom stereocenters. The molecular formula is C18H27N3O. The van der Waals surface area contributed by atoms with E-state index in [1.807, 2.05) is 17.0 Å². The first-order chi connectivity index (χ1) is 10.6. The zero-order valence-electron chi connectivity index (χ0n) is 13.7. The van der Waals surface area contributed by atoms with Crippen LogP contribution in [-0.2, 0) is 0 Å². The zero-order valence-corrected chi connectivity index (χ0v) is 13.7. The summed E-state index contributed by atoms with van der Waals surface area (Å²) in [7, 11) is 0. The highest BCUT2D eigenvalue weighted by atomic mass is 16.2. The highest BCUT2D eigenvalue weighted by molar-refractivity contribution is 5.89. The number of piperidine rings is 1. The van der Waals surface area contributed by atoms with Crippen molar-refractivity contribution in [3.8, 4) is 0 Å². The van der Waals surface area contributed by atoms with Crippen LogP contribution in [0.3, 0.4) is 0 Å². The van der Waals surface area contributed by atoms with Gasteiger partial charge in [0.25, 0.3) is 0 Å². The van der Waals surface area contributed by atoms with E-state index in [-0.39, 0.29) is 6.03 Å². The summed E-state index contributed by atoms with van der Waals surface area (Å²) in [6.07, 6.45) is 3.60. The van der Waals surface area contributed by atoms with Crippen LogP contribution >= 0.6 is 0 Å². The molecule has 0 aromatic heterocycles. The molecule has 1 aromatic rings. The Morgan fingerprint density at radius 2 is 2.05 bits per heavy atom. The normalized spacial score (nSPS) is 25.0. The first-order valence-electron chi connectivity index (χ1n) is 8.45. The highest BCUT2D eigenvalue weighted by Gasteiger charge is 2.40. The van der Waals surface area contributed by atoms with Crippen molar-refractivity contribution in [2.45, 2.75) is 39.0 Å². The molecule has 120 valence electrons. The van der Waals surface area contributed by atoms with Gasteiger partial charge in [-0.25, -0.2) is 4.79 Å². The van der Waals surface area contributed by atoms with Gasteiger partial charge in [0.2, 0.25) is 0 Å². The molecule has 2 N–H and O–H groups in total. The predicted octanol–water partition coefficient (Wildman–Crippen LogP) is 3.42. The maximum atomic E-state index is 12.5. The van der Waals surface area contributed by atoms with Gasteiger partial charge in [-0.2, -0.15) is 0 Å². The maximum absolute atomic E-state index is 12.5. The summed E-state index contributed by atoms with van der Waals surface area (Å²) in [5, 5.41) is 6.52. The molecule has 2 saturated heterocycles. The Kier molecular flexibility index (Phi) is 4.39. The van der Waals surface area contributed by atoms with Crippen LogP contribution in [-0.4, -0.2) is 37.1 Å². The second-order valence-corrected chi connectivity index (χ2v) is 7.16. The van der Waals surface area contributed by atoms with E-state index >= 15 is 0 Å². The monoisotopic (exact) mass is 301 g/mol. The lowest BCUT2D eigenvalue weighted by molar-refractivity contribution is 0.195. The third kappa shape index (κ3) is 3.27. The minimum Gasteiger partial charge on any atom is -0.324 e. The van der Waals surface area contributed by atoms with Gasteiger partial charge in [-0.15, -0.1) is 0 Å². The molecule has 0 saturated carbocycles. The largest absolute Gasteiger partial charge is 0.324 e. The van der Waals surface area contributed by atoms with Gasteiger partial charge < -0.3 is 15.5 Å². The Morgan fingerprint density at radius 3 is 2.68 bits per heavy atom. The summed E-state index contributed by atoms with van der Waals surface area (Å²) in [5.74, 6) is 0.516. The minimum atomic E-state index is 0.0414. The van der Waals surface area contributed by atoms with Gasteiger partial charge in [0.05, 0.1) is 0 Å². The first kappa shape index (κ1) is 15.3. The number of amides is 2. The Bertz CT molecular complexity index is 518. The van der Waals surface area contributed by atoms with E-state index in [0.717, 1.165) is 38.3 Å². The number of anilines is 1. The van der Waals surface area contributed by atoms with Crippen molar-refractivity contribution in [1.29, 1.82) is 0 Å². The fraction of sp³-hybridized carbons (Fsp3) is 0.611. The van der Waals surface area contributed by atoms with Crippen molar-refractivity contribution < 1.29 is 4.79 Å². The SMILES string of the molecule is CC(C)c1ccc(NC(=O)N2CCC3(CCCNC3)C2)cc1. The number of carbonyl (C=O) groups is 1.